The third-order valence-corrected chi connectivity index (χ3v) is 5.26. The van der Waals surface area contributed by atoms with Gasteiger partial charge in [0.15, 0.2) is 0 Å². The van der Waals surface area contributed by atoms with Crippen LogP contribution in [0.4, 0.5) is 15.3 Å². The highest BCUT2D eigenvalue weighted by atomic mass is 16.6. The second-order valence-corrected chi connectivity index (χ2v) is 7.32. The Hall–Kier alpha value is -3.15. The number of nitrogens with zero attached hydrogens (tertiary/aromatic N) is 5. The number of carbonyl (C=O) groups is 3. The van der Waals surface area contributed by atoms with Gasteiger partial charge in [0.2, 0.25) is 0 Å². The molecule has 1 unspecified atom stereocenters. The maximum absolute atomic E-state index is 13.0. The third kappa shape index (κ3) is 2.44. The van der Waals surface area contributed by atoms with Crippen molar-refractivity contribution in [2.75, 3.05) is 11.4 Å². The minimum absolute atomic E-state index is 0.200. The molecule has 1 aromatic rings. The first kappa shape index (κ1) is 17.3. The minimum atomic E-state index is -0.702. The van der Waals surface area contributed by atoms with Gasteiger partial charge in [-0.15, -0.1) is 0 Å². The fraction of sp³-hybridized carbons (Fsp3) is 0.500. The summed E-state index contributed by atoms with van der Waals surface area (Å²) in [5, 5.41) is 9.01. The molecule has 3 fully saturated rings. The van der Waals surface area contributed by atoms with Crippen molar-refractivity contribution < 1.29 is 19.1 Å². The van der Waals surface area contributed by atoms with Crippen LogP contribution in [0.1, 0.15) is 31.5 Å². The predicted octanol–water partition coefficient (Wildman–Crippen LogP) is 1.40. The smallest absolute Gasteiger partial charge is 0.410 e. The number of rotatable bonds is 2. The van der Waals surface area contributed by atoms with Gasteiger partial charge in [0.05, 0.1) is 30.1 Å². The molecule has 27 heavy (non-hydrogen) atoms. The zero-order valence-corrected chi connectivity index (χ0v) is 15.2. The van der Waals surface area contributed by atoms with Crippen LogP contribution in [-0.4, -0.2) is 63.6 Å². The summed E-state index contributed by atoms with van der Waals surface area (Å²) < 4.78 is 5.27. The molecule has 4 rings (SSSR count). The number of nitriles is 1. The highest BCUT2D eigenvalue weighted by Gasteiger charge is 2.63. The number of hydrogen-bond acceptors (Lipinski definition) is 6. The monoisotopic (exact) mass is 369 g/mol. The van der Waals surface area contributed by atoms with E-state index < -0.39 is 18.2 Å². The molecule has 0 N–H and O–H groups in total. The van der Waals surface area contributed by atoms with Gasteiger partial charge in [-0.1, -0.05) is 0 Å². The Kier molecular flexibility index (Phi) is 3.80. The lowest BCUT2D eigenvalue weighted by Crippen LogP contribution is -2.55. The number of piperazine rings is 1. The van der Waals surface area contributed by atoms with Gasteiger partial charge >= 0.3 is 12.1 Å². The van der Waals surface area contributed by atoms with E-state index in [1.54, 1.807) is 36.6 Å². The number of ether oxygens (including phenoxy) is 1. The Balaban J connectivity index is 1.62. The van der Waals surface area contributed by atoms with Gasteiger partial charge in [-0.3, -0.25) is 4.79 Å². The zero-order valence-electron chi connectivity index (χ0n) is 15.2. The van der Waals surface area contributed by atoms with Gasteiger partial charge in [0.1, 0.15) is 17.8 Å². The van der Waals surface area contributed by atoms with Crippen LogP contribution < -0.4 is 4.90 Å². The molecule has 3 atom stereocenters. The van der Waals surface area contributed by atoms with E-state index in [0.717, 1.165) is 4.90 Å². The van der Waals surface area contributed by atoms with Gasteiger partial charge in [-0.05, 0) is 38.8 Å². The first-order valence-electron chi connectivity index (χ1n) is 8.83. The first-order chi connectivity index (χ1) is 12.8. The Morgan fingerprint density at radius 2 is 2.15 bits per heavy atom. The molecule has 0 spiro atoms. The molecule has 0 aliphatic carbocycles. The van der Waals surface area contributed by atoms with Crippen LogP contribution in [0.5, 0.6) is 0 Å². The summed E-state index contributed by atoms with van der Waals surface area (Å²) in [5.41, 5.74) is 1.18. The van der Waals surface area contributed by atoms with Crippen LogP contribution in [0.3, 0.4) is 0 Å². The second-order valence-electron chi connectivity index (χ2n) is 7.32. The summed E-state index contributed by atoms with van der Waals surface area (Å²) in [6.45, 7) is 5.61. The van der Waals surface area contributed by atoms with E-state index >= 15 is 0 Å². The number of anilines is 1. The summed E-state index contributed by atoms with van der Waals surface area (Å²) >= 11 is 0. The van der Waals surface area contributed by atoms with Crippen LogP contribution in [0.25, 0.3) is 0 Å². The normalized spacial score (nSPS) is 26.0. The standard InChI is InChI=1S/C18H19N5O4/c1-9(2)27-18(26)21-8-12-5-14(21)15-16(24)23(17(25)22(12)15)11-4-10(3)13(6-19)20-7-11/h4,7,9,12,14-15H,5,8H2,1-3H3/t12-,14?,15+/m1/s1. The van der Waals surface area contributed by atoms with Crippen molar-refractivity contribution in [3.63, 3.8) is 0 Å². The van der Waals surface area contributed by atoms with Crippen LogP contribution >= 0.6 is 0 Å². The number of pyridine rings is 1. The number of carbonyl (C=O) groups excluding carboxylic acids is 3. The molecule has 9 heteroatoms. The third-order valence-electron chi connectivity index (χ3n) is 5.26. The van der Waals surface area contributed by atoms with E-state index in [9.17, 15) is 14.4 Å². The van der Waals surface area contributed by atoms with E-state index in [0.29, 0.717) is 24.2 Å². The molecule has 1 aromatic heterocycles. The number of aryl methyl sites for hydroxylation is 1. The van der Waals surface area contributed by atoms with Gasteiger partial charge in [-0.25, -0.2) is 19.5 Å². The molecule has 3 saturated heterocycles. The summed E-state index contributed by atoms with van der Waals surface area (Å²) in [5.74, 6) is -0.375. The fourth-order valence-electron chi connectivity index (χ4n) is 4.17. The van der Waals surface area contributed by atoms with E-state index in [1.165, 1.54) is 6.20 Å². The van der Waals surface area contributed by atoms with Crippen LogP contribution in [0.2, 0.25) is 0 Å². The Morgan fingerprint density at radius 3 is 2.78 bits per heavy atom. The number of amides is 4. The van der Waals surface area contributed by atoms with Crippen molar-refractivity contribution in [3.05, 3.63) is 23.5 Å². The average molecular weight is 369 g/mol. The molecule has 3 aliphatic rings. The maximum atomic E-state index is 13.0. The van der Waals surface area contributed by atoms with Crippen molar-refractivity contribution in [2.45, 2.75) is 51.4 Å². The van der Waals surface area contributed by atoms with Crippen molar-refractivity contribution in [1.82, 2.24) is 14.8 Å². The van der Waals surface area contributed by atoms with E-state index in [1.807, 2.05) is 6.07 Å². The first-order valence-corrected chi connectivity index (χ1v) is 8.83. The lowest BCUT2D eigenvalue weighted by Gasteiger charge is -2.34. The summed E-state index contributed by atoms with van der Waals surface area (Å²) in [7, 11) is 0. The number of imide groups is 1. The predicted molar refractivity (Wildman–Crippen MR) is 92.7 cm³/mol. The highest BCUT2D eigenvalue weighted by Crippen LogP contribution is 2.42. The SMILES string of the molecule is Cc1cc(N2C(=O)[C@@H]3C4C[C@H](CN4C(=O)OC(C)C)N3C2=O)cnc1C#N. The summed E-state index contributed by atoms with van der Waals surface area (Å²) in [4.78, 5) is 46.5. The molecule has 3 aliphatic heterocycles. The molecular formula is C18H19N5O4. The summed E-state index contributed by atoms with van der Waals surface area (Å²) in [6, 6.07) is 1.89. The Bertz CT molecular complexity index is 892. The topological polar surface area (TPSA) is 107 Å². The van der Waals surface area contributed by atoms with Gasteiger partial charge in [-0.2, -0.15) is 5.26 Å². The van der Waals surface area contributed by atoms with Crippen LogP contribution in [0.15, 0.2) is 12.3 Å². The molecule has 0 aromatic carbocycles. The molecule has 4 amide bonds. The fourth-order valence-corrected chi connectivity index (χ4v) is 4.17. The van der Waals surface area contributed by atoms with Crippen LogP contribution in [0, 0.1) is 18.3 Å². The second kappa shape index (κ2) is 5.94. The van der Waals surface area contributed by atoms with Crippen molar-refractivity contribution in [1.29, 1.82) is 5.26 Å². The lowest BCUT2D eigenvalue weighted by atomic mass is 10.1. The van der Waals surface area contributed by atoms with Gasteiger partial charge < -0.3 is 14.5 Å². The van der Waals surface area contributed by atoms with Crippen LogP contribution in [-0.2, 0) is 9.53 Å². The van der Waals surface area contributed by atoms with E-state index in [-0.39, 0.29) is 29.8 Å². The number of aromatic nitrogens is 1. The molecule has 9 nitrogen and oxygen atoms in total. The maximum Gasteiger partial charge on any atom is 0.410 e. The quantitative estimate of drug-likeness (QED) is 0.730. The van der Waals surface area contributed by atoms with Gasteiger partial charge in [0, 0.05) is 6.54 Å². The molecular weight excluding hydrogens is 350 g/mol. The Labute approximate surface area is 156 Å². The average Bonchev–Trinajstić information content (AvgIpc) is 3.26. The largest absolute Gasteiger partial charge is 0.447 e. The molecule has 140 valence electrons. The van der Waals surface area contributed by atoms with E-state index in [2.05, 4.69) is 4.98 Å². The zero-order chi connectivity index (χ0) is 19.5. The lowest BCUT2D eigenvalue weighted by molar-refractivity contribution is -0.121. The molecule has 0 saturated carbocycles. The number of hydrogen-bond donors (Lipinski definition) is 0. The molecule has 0 radical (unpaired) electrons. The number of fused-ring (bicyclic) bond motifs is 5. The van der Waals surface area contributed by atoms with Crippen molar-refractivity contribution >= 4 is 23.7 Å². The summed E-state index contributed by atoms with van der Waals surface area (Å²) in [6.07, 6.45) is 1.23. The molecule has 4 heterocycles. The highest BCUT2D eigenvalue weighted by molar-refractivity contribution is 6.22. The minimum Gasteiger partial charge on any atom is -0.447 e. The van der Waals surface area contributed by atoms with Crippen molar-refractivity contribution in [3.8, 4) is 6.07 Å². The van der Waals surface area contributed by atoms with Gasteiger partial charge in [0.25, 0.3) is 5.91 Å². The Morgan fingerprint density at radius 1 is 1.41 bits per heavy atom. The van der Waals surface area contributed by atoms with Crippen molar-refractivity contribution in [2.24, 2.45) is 0 Å². The number of likely N-dealkylation sites (tertiary alicyclic amines) is 1. The molecule has 2 bridgehead atoms. The number of urea groups is 1. The van der Waals surface area contributed by atoms with E-state index in [4.69, 9.17) is 10.00 Å².